The first kappa shape index (κ1) is 16.5. The van der Waals surface area contributed by atoms with Gasteiger partial charge in [-0.05, 0) is 64.7 Å². The molecule has 1 N–H and O–H groups in total. The lowest BCUT2D eigenvalue weighted by atomic mass is 9.80. The van der Waals surface area contributed by atoms with Crippen molar-refractivity contribution in [3.8, 4) is 0 Å². The Hall–Kier alpha value is -0.870. The van der Waals surface area contributed by atoms with Crippen molar-refractivity contribution in [2.45, 2.75) is 71.0 Å². The van der Waals surface area contributed by atoms with Crippen molar-refractivity contribution in [2.24, 2.45) is 0 Å². The minimum Gasteiger partial charge on any atom is -0.315 e. The molecule has 1 aromatic heterocycles. The number of hydrogen-bond donors (Lipinski definition) is 1. The van der Waals surface area contributed by atoms with Gasteiger partial charge in [-0.3, -0.25) is 9.58 Å². The summed E-state index contributed by atoms with van der Waals surface area (Å²) in [5.74, 6) is 0. The van der Waals surface area contributed by atoms with E-state index in [0.717, 1.165) is 13.0 Å². The molecule has 0 aliphatic carbocycles. The van der Waals surface area contributed by atoms with Crippen molar-refractivity contribution < 1.29 is 0 Å². The Morgan fingerprint density at radius 2 is 1.90 bits per heavy atom. The van der Waals surface area contributed by atoms with Crippen LogP contribution in [0.1, 0.15) is 52.0 Å². The Balaban J connectivity index is 2.18. The molecular formula is C17H32N4. The van der Waals surface area contributed by atoms with Gasteiger partial charge in [0.2, 0.25) is 0 Å². The quantitative estimate of drug-likeness (QED) is 0.800. The summed E-state index contributed by atoms with van der Waals surface area (Å²) >= 11 is 0. The van der Waals surface area contributed by atoms with E-state index in [2.05, 4.69) is 49.3 Å². The third-order valence-electron chi connectivity index (χ3n) is 5.41. The van der Waals surface area contributed by atoms with Gasteiger partial charge in [-0.15, -0.1) is 0 Å². The van der Waals surface area contributed by atoms with Crippen LogP contribution in [0.4, 0.5) is 0 Å². The fourth-order valence-corrected chi connectivity index (χ4v) is 4.05. The highest BCUT2D eigenvalue weighted by atomic mass is 15.3. The molecule has 0 bridgehead atoms. The number of likely N-dealkylation sites (tertiary alicyclic amines) is 1. The average molecular weight is 292 g/mol. The van der Waals surface area contributed by atoms with Gasteiger partial charge in [-0.25, -0.2) is 0 Å². The van der Waals surface area contributed by atoms with Crippen LogP contribution in [-0.4, -0.2) is 46.4 Å². The molecule has 0 aromatic carbocycles. The van der Waals surface area contributed by atoms with Gasteiger partial charge in [0.25, 0.3) is 0 Å². The second-order valence-electron chi connectivity index (χ2n) is 6.25. The lowest BCUT2D eigenvalue weighted by molar-refractivity contribution is 0.0650. The molecule has 1 unspecified atom stereocenters. The lowest BCUT2D eigenvalue weighted by Gasteiger charge is -2.47. The van der Waals surface area contributed by atoms with Crippen molar-refractivity contribution in [2.75, 3.05) is 20.1 Å². The molecule has 21 heavy (non-hydrogen) atoms. The number of aromatic nitrogens is 2. The minimum absolute atomic E-state index is 0.277. The summed E-state index contributed by atoms with van der Waals surface area (Å²) in [6.07, 6.45) is 10.4. The molecular weight excluding hydrogens is 260 g/mol. The Morgan fingerprint density at radius 1 is 1.24 bits per heavy atom. The Morgan fingerprint density at radius 3 is 2.38 bits per heavy atom. The van der Waals surface area contributed by atoms with Crippen LogP contribution in [0.25, 0.3) is 0 Å². The maximum Gasteiger partial charge on any atom is 0.0522 e. The van der Waals surface area contributed by atoms with Gasteiger partial charge < -0.3 is 5.32 Å². The zero-order valence-corrected chi connectivity index (χ0v) is 14.2. The van der Waals surface area contributed by atoms with Gasteiger partial charge in [-0.2, -0.15) is 5.10 Å². The van der Waals surface area contributed by atoms with E-state index in [-0.39, 0.29) is 5.54 Å². The van der Waals surface area contributed by atoms with Crippen LogP contribution in [0.3, 0.4) is 0 Å². The molecule has 0 saturated carbocycles. The fourth-order valence-electron chi connectivity index (χ4n) is 4.05. The Kier molecular flexibility index (Phi) is 5.82. The van der Waals surface area contributed by atoms with Crippen molar-refractivity contribution >= 4 is 0 Å². The van der Waals surface area contributed by atoms with Crippen LogP contribution < -0.4 is 5.32 Å². The summed E-state index contributed by atoms with van der Waals surface area (Å²) < 4.78 is 2.03. The van der Waals surface area contributed by atoms with Crippen molar-refractivity contribution in [3.05, 3.63) is 18.0 Å². The smallest absolute Gasteiger partial charge is 0.0522 e. The van der Waals surface area contributed by atoms with Gasteiger partial charge in [0.1, 0.15) is 0 Å². The third kappa shape index (κ3) is 3.32. The van der Waals surface area contributed by atoms with Gasteiger partial charge in [0.15, 0.2) is 0 Å². The van der Waals surface area contributed by atoms with E-state index >= 15 is 0 Å². The molecule has 1 fully saturated rings. The maximum absolute atomic E-state index is 4.43. The number of likely N-dealkylation sites (N-methyl/N-ethyl adjacent to an activating group) is 1. The molecule has 120 valence electrons. The highest BCUT2D eigenvalue weighted by Gasteiger charge is 2.41. The summed E-state index contributed by atoms with van der Waals surface area (Å²) in [6.45, 7) is 10.3. The molecule has 0 spiro atoms. The van der Waals surface area contributed by atoms with E-state index in [9.17, 15) is 0 Å². The zero-order chi connectivity index (χ0) is 15.3. The molecule has 1 aliphatic rings. The molecule has 1 aliphatic heterocycles. The third-order valence-corrected chi connectivity index (χ3v) is 5.41. The van der Waals surface area contributed by atoms with E-state index < -0.39 is 0 Å². The fraction of sp³-hybridized carbons (Fsp3) is 0.824. The monoisotopic (exact) mass is 292 g/mol. The molecule has 0 radical (unpaired) electrons. The van der Waals surface area contributed by atoms with E-state index in [1.807, 2.05) is 10.9 Å². The highest BCUT2D eigenvalue weighted by Crippen LogP contribution is 2.33. The zero-order valence-electron chi connectivity index (χ0n) is 14.2. The first-order valence-electron chi connectivity index (χ1n) is 8.63. The minimum atomic E-state index is 0.277. The van der Waals surface area contributed by atoms with E-state index in [1.165, 1.54) is 44.3 Å². The lowest BCUT2D eigenvalue weighted by Crippen LogP contribution is -2.60. The molecule has 4 heteroatoms. The molecule has 1 saturated heterocycles. The number of aryl methyl sites for hydroxylation is 1. The van der Waals surface area contributed by atoms with Crippen LogP contribution in [0.5, 0.6) is 0 Å². The van der Waals surface area contributed by atoms with Crippen LogP contribution in [-0.2, 0) is 13.0 Å². The Bertz CT molecular complexity index is 416. The number of nitrogens with zero attached hydrogens (tertiary/aromatic N) is 3. The molecule has 1 atom stereocenters. The van der Waals surface area contributed by atoms with Gasteiger partial charge in [-0.1, -0.05) is 13.8 Å². The second-order valence-corrected chi connectivity index (χ2v) is 6.25. The molecule has 2 heterocycles. The standard InChI is InChI=1S/C17H32N4/c1-5-17(6-2,20-10-8-9-11-20)16(18-4)12-15-13-19-21(7-3)14-15/h13-14,16,18H,5-12H2,1-4H3. The topological polar surface area (TPSA) is 33.1 Å². The van der Waals surface area contributed by atoms with Crippen molar-refractivity contribution in [1.29, 1.82) is 0 Å². The summed E-state index contributed by atoms with van der Waals surface area (Å²) in [7, 11) is 2.12. The summed E-state index contributed by atoms with van der Waals surface area (Å²) in [5, 5.41) is 8.05. The summed E-state index contributed by atoms with van der Waals surface area (Å²) in [6, 6.07) is 0.486. The van der Waals surface area contributed by atoms with E-state index in [4.69, 9.17) is 0 Å². The van der Waals surface area contributed by atoms with E-state index in [0.29, 0.717) is 6.04 Å². The molecule has 2 rings (SSSR count). The highest BCUT2D eigenvalue weighted by molar-refractivity contribution is 5.11. The molecule has 1 aromatic rings. The number of rotatable bonds is 8. The summed E-state index contributed by atoms with van der Waals surface area (Å²) in [5.41, 5.74) is 1.63. The van der Waals surface area contributed by atoms with Crippen LogP contribution >= 0.6 is 0 Å². The van der Waals surface area contributed by atoms with Gasteiger partial charge in [0.05, 0.1) is 6.20 Å². The predicted octanol–water partition coefficient (Wildman–Crippen LogP) is 2.69. The Labute approximate surface area is 129 Å². The van der Waals surface area contributed by atoms with Crippen molar-refractivity contribution in [3.63, 3.8) is 0 Å². The number of hydrogen-bond acceptors (Lipinski definition) is 3. The maximum atomic E-state index is 4.43. The molecule has 4 nitrogen and oxygen atoms in total. The largest absolute Gasteiger partial charge is 0.315 e. The van der Waals surface area contributed by atoms with E-state index in [1.54, 1.807) is 0 Å². The normalized spacial score (nSPS) is 18.3. The summed E-state index contributed by atoms with van der Waals surface area (Å²) in [4.78, 5) is 2.73. The van der Waals surface area contributed by atoms with Crippen LogP contribution in [0.15, 0.2) is 12.4 Å². The number of nitrogens with one attached hydrogen (secondary N) is 1. The van der Waals surface area contributed by atoms with Crippen molar-refractivity contribution in [1.82, 2.24) is 20.0 Å². The SMILES string of the molecule is CCn1cc(CC(NC)C(CC)(CC)N2CCCC2)cn1. The average Bonchev–Trinajstić information content (AvgIpc) is 3.19. The first-order chi connectivity index (χ1) is 10.2. The van der Waals surface area contributed by atoms with Crippen LogP contribution in [0, 0.1) is 0 Å². The van der Waals surface area contributed by atoms with Gasteiger partial charge in [0, 0.05) is 24.3 Å². The van der Waals surface area contributed by atoms with Crippen LogP contribution in [0.2, 0.25) is 0 Å². The predicted molar refractivity (Wildman–Crippen MR) is 88.6 cm³/mol. The second kappa shape index (κ2) is 7.41. The first-order valence-corrected chi connectivity index (χ1v) is 8.63. The molecule has 0 amide bonds. The van der Waals surface area contributed by atoms with Gasteiger partial charge >= 0.3 is 0 Å².